The number of carbonyl (C=O) groups is 2. The summed E-state index contributed by atoms with van der Waals surface area (Å²) in [5, 5.41) is -0.281. The third kappa shape index (κ3) is 5.11. The van der Waals surface area contributed by atoms with E-state index in [-0.39, 0.29) is 11.5 Å². The molecule has 0 aliphatic rings. The largest absolute Gasteiger partial charge is 0.428 e. The molecule has 0 fully saturated rings. The summed E-state index contributed by atoms with van der Waals surface area (Å²) in [6, 6.07) is 8.27. The Morgan fingerprint density at radius 3 is 2.47 bits per heavy atom. The molecule has 6 heteroatoms. The normalized spacial score (nSPS) is 11.5. The Morgan fingerprint density at radius 2 is 1.95 bits per heavy atom. The van der Waals surface area contributed by atoms with E-state index in [1.807, 2.05) is 0 Å². The fourth-order valence-corrected chi connectivity index (χ4v) is 1.12. The number of benzene rings is 1. The van der Waals surface area contributed by atoms with E-state index in [4.69, 9.17) is 21.2 Å². The number of ether oxygens (including phenoxy) is 1. The van der Waals surface area contributed by atoms with Gasteiger partial charge in [-0.15, -0.1) is 4.89 Å². The lowest BCUT2D eigenvalue weighted by Crippen LogP contribution is -2.22. The lowest BCUT2D eigenvalue weighted by atomic mass is 10.2. The Morgan fingerprint density at radius 1 is 1.32 bits per heavy atom. The van der Waals surface area contributed by atoms with Crippen molar-refractivity contribution in [3.05, 3.63) is 47.5 Å². The molecule has 0 amide bonds. The Labute approximate surface area is 115 Å². The maximum Gasteiger partial charge on any atom is 0.373 e. The first-order chi connectivity index (χ1) is 9.04. The van der Waals surface area contributed by atoms with E-state index < -0.39 is 18.2 Å². The molecule has 0 saturated carbocycles. The molecule has 0 aromatic heterocycles. The van der Waals surface area contributed by atoms with Gasteiger partial charge in [-0.05, 0) is 12.1 Å². The predicted molar refractivity (Wildman–Crippen MR) is 68.1 cm³/mol. The van der Waals surface area contributed by atoms with Crippen LogP contribution in [0, 0.1) is 0 Å². The van der Waals surface area contributed by atoms with Gasteiger partial charge in [-0.25, -0.2) is 9.59 Å². The molecule has 0 bridgehead atoms. The summed E-state index contributed by atoms with van der Waals surface area (Å²) in [6.45, 7) is 4.90. The molecular formula is C13H13ClO5. The zero-order valence-electron chi connectivity index (χ0n) is 10.3. The summed E-state index contributed by atoms with van der Waals surface area (Å²) in [5.74, 6) is -1.51. The Balaban J connectivity index is 2.48. The van der Waals surface area contributed by atoms with Crippen molar-refractivity contribution >= 4 is 23.5 Å². The summed E-state index contributed by atoms with van der Waals surface area (Å²) in [5.41, 5.74) is 0.324. The van der Waals surface area contributed by atoms with Gasteiger partial charge in [-0.3, -0.25) is 4.89 Å². The summed E-state index contributed by atoms with van der Waals surface area (Å²) in [6.07, 6.45) is -0.742. The monoisotopic (exact) mass is 284 g/mol. The van der Waals surface area contributed by atoms with Crippen LogP contribution in [-0.4, -0.2) is 18.2 Å². The van der Waals surface area contributed by atoms with Crippen molar-refractivity contribution in [2.45, 2.75) is 19.6 Å². The van der Waals surface area contributed by atoms with Crippen molar-refractivity contribution in [3.63, 3.8) is 0 Å². The number of esters is 1. The van der Waals surface area contributed by atoms with E-state index in [0.29, 0.717) is 5.56 Å². The maximum absolute atomic E-state index is 11.6. The molecule has 19 heavy (non-hydrogen) atoms. The lowest BCUT2D eigenvalue weighted by molar-refractivity contribution is -0.329. The molecule has 1 unspecified atom stereocenters. The van der Waals surface area contributed by atoms with Crippen LogP contribution in [0.4, 0.5) is 0 Å². The number of rotatable bonds is 6. The molecule has 0 saturated heterocycles. The van der Waals surface area contributed by atoms with E-state index in [2.05, 4.69) is 11.5 Å². The van der Waals surface area contributed by atoms with Crippen molar-refractivity contribution in [1.82, 2.24) is 0 Å². The molecule has 102 valence electrons. The van der Waals surface area contributed by atoms with Crippen LogP contribution >= 0.6 is 11.6 Å². The molecule has 5 nitrogen and oxygen atoms in total. The van der Waals surface area contributed by atoms with Crippen LogP contribution < -0.4 is 0 Å². The Bertz CT molecular complexity index is 457. The molecule has 0 aliphatic carbocycles. The fraction of sp³-hybridized carbons (Fsp3) is 0.231. The molecule has 0 aliphatic heterocycles. The fourth-order valence-electron chi connectivity index (χ4n) is 1.07. The van der Waals surface area contributed by atoms with Gasteiger partial charge in [0.1, 0.15) is 5.03 Å². The van der Waals surface area contributed by atoms with E-state index in [1.54, 1.807) is 37.3 Å². The molecular weight excluding hydrogens is 272 g/mol. The third-order valence-corrected chi connectivity index (χ3v) is 2.19. The molecule has 1 rings (SSSR count). The highest BCUT2D eigenvalue weighted by atomic mass is 35.5. The quantitative estimate of drug-likeness (QED) is 0.264. The molecule has 0 spiro atoms. The summed E-state index contributed by atoms with van der Waals surface area (Å²) in [4.78, 5) is 32.0. The predicted octanol–water partition coefficient (Wildman–Crippen LogP) is 2.81. The standard InChI is InChI=1S/C13H13ClO5/c1-3-11(17-12(15)9(2)14)18-19-13(16)10-7-5-4-6-8-10/h4-8,11H,2-3H2,1H3. The SMILES string of the molecule is C=C(Cl)C(=O)OC(CC)OOC(=O)c1ccccc1. The second kappa shape index (κ2) is 7.56. The highest BCUT2D eigenvalue weighted by Gasteiger charge is 2.18. The summed E-state index contributed by atoms with van der Waals surface area (Å²) in [7, 11) is 0. The summed E-state index contributed by atoms with van der Waals surface area (Å²) < 4.78 is 4.78. The minimum atomic E-state index is -1.03. The zero-order valence-corrected chi connectivity index (χ0v) is 11.1. The number of hydrogen-bond donors (Lipinski definition) is 0. The van der Waals surface area contributed by atoms with Crippen LogP contribution in [0.15, 0.2) is 41.9 Å². The van der Waals surface area contributed by atoms with Crippen LogP contribution in [0.5, 0.6) is 0 Å². The number of halogens is 1. The van der Waals surface area contributed by atoms with E-state index >= 15 is 0 Å². The maximum atomic E-state index is 11.6. The smallest absolute Gasteiger partial charge is 0.373 e. The second-order valence-corrected chi connectivity index (χ2v) is 3.94. The summed E-state index contributed by atoms with van der Waals surface area (Å²) >= 11 is 5.36. The Kier molecular flexibility index (Phi) is 6.05. The second-order valence-electron chi connectivity index (χ2n) is 3.48. The van der Waals surface area contributed by atoms with Gasteiger partial charge >= 0.3 is 11.9 Å². The van der Waals surface area contributed by atoms with Crippen molar-refractivity contribution in [3.8, 4) is 0 Å². The number of carbonyl (C=O) groups excluding carboxylic acids is 2. The van der Waals surface area contributed by atoms with Crippen molar-refractivity contribution in [2.24, 2.45) is 0 Å². The molecule has 1 atom stereocenters. The topological polar surface area (TPSA) is 61.8 Å². The van der Waals surface area contributed by atoms with Gasteiger partial charge in [-0.2, -0.15) is 0 Å². The van der Waals surface area contributed by atoms with E-state index in [1.165, 1.54) is 0 Å². The van der Waals surface area contributed by atoms with Crippen LogP contribution in [0.2, 0.25) is 0 Å². The highest BCUT2D eigenvalue weighted by Crippen LogP contribution is 2.09. The first-order valence-electron chi connectivity index (χ1n) is 5.52. The van der Waals surface area contributed by atoms with Crippen molar-refractivity contribution in [1.29, 1.82) is 0 Å². The first-order valence-corrected chi connectivity index (χ1v) is 5.90. The Hall–Kier alpha value is -1.85. The molecule has 1 aromatic rings. The van der Waals surface area contributed by atoms with E-state index in [0.717, 1.165) is 0 Å². The van der Waals surface area contributed by atoms with Crippen LogP contribution in [-0.2, 0) is 19.3 Å². The minimum absolute atomic E-state index is 0.281. The number of hydrogen-bond acceptors (Lipinski definition) is 5. The molecule has 0 radical (unpaired) electrons. The van der Waals surface area contributed by atoms with Crippen LogP contribution in [0.1, 0.15) is 23.7 Å². The average Bonchev–Trinajstić information content (AvgIpc) is 2.43. The zero-order chi connectivity index (χ0) is 14.3. The van der Waals surface area contributed by atoms with E-state index in [9.17, 15) is 9.59 Å². The first kappa shape index (κ1) is 15.2. The van der Waals surface area contributed by atoms with Gasteiger partial charge in [0.2, 0.25) is 6.29 Å². The average molecular weight is 285 g/mol. The molecule has 0 N–H and O–H groups in total. The minimum Gasteiger partial charge on any atom is -0.428 e. The van der Waals surface area contributed by atoms with Crippen molar-refractivity contribution in [2.75, 3.05) is 0 Å². The highest BCUT2D eigenvalue weighted by molar-refractivity contribution is 6.40. The third-order valence-electron chi connectivity index (χ3n) is 2.03. The van der Waals surface area contributed by atoms with Crippen molar-refractivity contribution < 1.29 is 24.1 Å². The van der Waals surface area contributed by atoms with Gasteiger partial charge in [0, 0.05) is 6.42 Å². The molecule has 0 heterocycles. The van der Waals surface area contributed by atoms with Crippen LogP contribution in [0.25, 0.3) is 0 Å². The van der Waals surface area contributed by atoms with Crippen LogP contribution in [0.3, 0.4) is 0 Å². The molecule has 1 aromatic carbocycles. The lowest BCUT2D eigenvalue weighted by Gasteiger charge is -2.14. The van der Waals surface area contributed by atoms with Gasteiger partial charge < -0.3 is 4.74 Å². The van der Waals surface area contributed by atoms with Gasteiger partial charge in [0.25, 0.3) is 0 Å². The van der Waals surface area contributed by atoms with Gasteiger partial charge in [0.05, 0.1) is 5.56 Å². The van der Waals surface area contributed by atoms with Gasteiger partial charge in [0.15, 0.2) is 0 Å². The van der Waals surface area contributed by atoms with Gasteiger partial charge in [-0.1, -0.05) is 43.3 Å².